The minimum Gasteiger partial charge on any atom is -0.485 e. The second-order valence-electron chi connectivity index (χ2n) is 9.63. The second kappa shape index (κ2) is 6.42. The first-order valence-electron chi connectivity index (χ1n) is 10.8. The van der Waals surface area contributed by atoms with E-state index in [9.17, 15) is 4.79 Å². The number of rotatable bonds is 4. The SMILES string of the molecule is CCN1CC(CN(C)C(=O)C23CC4CC(CC(C4)C2)C3)Oc2ccccc21. The average Bonchev–Trinajstić information content (AvgIpc) is 2.65. The third kappa shape index (κ3) is 2.92. The monoisotopic (exact) mass is 368 g/mol. The van der Waals surface area contributed by atoms with Crippen LogP contribution in [0.2, 0.25) is 0 Å². The Morgan fingerprint density at radius 2 is 1.78 bits per heavy atom. The molecule has 5 aliphatic rings. The molecule has 4 heteroatoms. The zero-order chi connectivity index (χ0) is 18.6. The van der Waals surface area contributed by atoms with Crippen LogP contribution < -0.4 is 9.64 Å². The highest BCUT2D eigenvalue weighted by atomic mass is 16.5. The number of nitrogens with zero attached hydrogens (tertiary/aromatic N) is 2. The summed E-state index contributed by atoms with van der Waals surface area (Å²) in [6, 6.07) is 8.26. The summed E-state index contributed by atoms with van der Waals surface area (Å²) in [6.07, 6.45) is 7.59. The Bertz CT molecular complexity index is 696. The number of para-hydroxylation sites is 2. The standard InChI is InChI=1S/C23H32N2O2/c1-3-25-15-19(27-21-7-5-4-6-20(21)25)14-24(2)22(26)23-11-16-8-17(12-23)10-18(9-16)13-23/h4-7,16-19H,3,8-15H2,1-2H3. The van der Waals surface area contributed by atoms with E-state index in [4.69, 9.17) is 4.74 Å². The fourth-order valence-electron chi connectivity index (χ4n) is 6.94. The molecule has 1 aliphatic heterocycles. The van der Waals surface area contributed by atoms with Gasteiger partial charge in [0.25, 0.3) is 0 Å². The van der Waals surface area contributed by atoms with Gasteiger partial charge in [-0.1, -0.05) is 12.1 Å². The molecule has 1 aromatic rings. The van der Waals surface area contributed by atoms with Crippen LogP contribution in [-0.4, -0.2) is 43.6 Å². The molecule has 146 valence electrons. The number of benzene rings is 1. The third-order valence-electron chi connectivity index (χ3n) is 7.62. The van der Waals surface area contributed by atoms with Gasteiger partial charge in [-0.25, -0.2) is 0 Å². The van der Waals surface area contributed by atoms with Crippen molar-refractivity contribution in [1.29, 1.82) is 0 Å². The van der Waals surface area contributed by atoms with E-state index in [-0.39, 0.29) is 11.5 Å². The smallest absolute Gasteiger partial charge is 0.228 e. The number of likely N-dealkylation sites (N-methyl/N-ethyl adjacent to an activating group) is 2. The van der Waals surface area contributed by atoms with Crippen LogP contribution in [0.4, 0.5) is 5.69 Å². The number of hydrogen-bond acceptors (Lipinski definition) is 3. The average molecular weight is 369 g/mol. The predicted octanol–water partition coefficient (Wildman–Crippen LogP) is 3.95. The normalized spacial score (nSPS) is 36.3. The van der Waals surface area contributed by atoms with Gasteiger partial charge in [0.2, 0.25) is 5.91 Å². The molecule has 4 nitrogen and oxygen atoms in total. The van der Waals surface area contributed by atoms with Gasteiger partial charge in [-0.05, 0) is 75.3 Å². The van der Waals surface area contributed by atoms with Crippen LogP contribution in [-0.2, 0) is 4.79 Å². The molecular weight excluding hydrogens is 336 g/mol. The van der Waals surface area contributed by atoms with Crippen molar-refractivity contribution in [3.8, 4) is 5.75 Å². The van der Waals surface area contributed by atoms with E-state index in [1.165, 1.54) is 24.9 Å². The molecule has 6 rings (SSSR count). The van der Waals surface area contributed by atoms with E-state index in [1.54, 1.807) is 0 Å². The maximum atomic E-state index is 13.5. The van der Waals surface area contributed by atoms with Crippen molar-refractivity contribution in [2.75, 3.05) is 31.6 Å². The first-order valence-corrected chi connectivity index (χ1v) is 10.8. The molecule has 1 amide bonds. The van der Waals surface area contributed by atoms with Gasteiger partial charge in [-0.15, -0.1) is 0 Å². The largest absolute Gasteiger partial charge is 0.485 e. The topological polar surface area (TPSA) is 32.8 Å². The zero-order valence-corrected chi connectivity index (χ0v) is 16.7. The van der Waals surface area contributed by atoms with E-state index in [0.717, 1.165) is 55.9 Å². The van der Waals surface area contributed by atoms with Crippen LogP contribution in [0.15, 0.2) is 24.3 Å². The summed E-state index contributed by atoms with van der Waals surface area (Å²) >= 11 is 0. The quantitative estimate of drug-likeness (QED) is 0.807. The Morgan fingerprint density at radius 1 is 1.15 bits per heavy atom. The maximum absolute atomic E-state index is 13.5. The van der Waals surface area contributed by atoms with E-state index in [2.05, 4.69) is 24.0 Å². The van der Waals surface area contributed by atoms with Crippen LogP contribution in [0.3, 0.4) is 0 Å². The lowest BCUT2D eigenvalue weighted by Crippen LogP contribution is -2.56. The van der Waals surface area contributed by atoms with Crippen LogP contribution in [0.5, 0.6) is 5.75 Å². The van der Waals surface area contributed by atoms with E-state index in [1.807, 2.05) is 24.1 Å². The first kappa shape index (κ1) is 17.4. The van der Waals surface area contributed by atoms with Gasteiger partial charge in [-0.2, -0.15) is 0 Å². The minimum absolute atomic E-state index is 0.0442. The lowest BCUT2D eigenvalue weighted by atomic mass is 9.49. The fourth-order valence-corrected chi connectivity index (χ4v) is 6.94. The number of ether oxygens (including phenoxy) is 1. The van der Waals surface area contributed by atoms with E-state index < -0.39 is 0 Å². The molecule has 1 unspecified atom stereocenters. The molecule has 0 saturated heterocycles. The molecule has 4 saturated carbocycles. The Labute approximate surface area is 162 Å². The Hall–Kier alpha value is -1.71. The molecule has 4 aliphatic carbocycles. The minimum atomic E-state index is -0.0550. The summed E-state index contributed by atoms with van der Waals surface area (Å²) in [4.78, 5) is 17.9. The highest BCUT2D eigenvalue weighted by Gasteiger charge is 2.55. The molecule has 0 radical (unpaired) electrons. The molecule has 0 spiro atoms. The number of fused-ring (bicyclic) bond motifs is 1. The van der Waals surface area contributed by atoms with Crippen LogP contribution in [0, 0.1) is 23.2 Å². The van der Waals surface area contributed by atoms with E-state index >= 15 is 0 Å². The Morgan fingerprint density at radius 3 is 2.41 bits per heavy atom. The van der Waals surface area contributed by atoms with Crippen LogP contribution >= 0.6 is 0 Å². The van der Waals surface area contributed by atoms with Crippen molar-refractivity contribution in [2.45, 2.75) is 51.6 Å². The van der Waals surface area contributed by atoms with Gasteiger partial charge in [0.1, 0.15) is 11.9 Å². The van der Waals surface area contributed by atoms with Gasteiger partial charge in [0, 0.05) is 13.6 Å². The van der Waals surface area contributed by atoms with Gasteiger partial charge in [0.05, 0.1) is 24.2 Å². The molecule has 1 aromatic carbocycles. The summed E-state index contributed by atoms with van der Waals surface area (Å²) in [5.41, 5.74) is 1.12. The van der Waals surface area contributed by atoms with E-state index in [0.29, 0.717) is 12.5 Å². The summed E-state index contributed by atoms with van der Waals surface area (Å²) in [6.45, 7) is 4.68. The molecular formula is C23H32N2O2. The number of amides is 1. The summed E-state index contributed by atoms with van der Waals surface area (Å²) < 4.78 is 6.27. The number of hydrogen-bond donors (Lipinski definition) is 0. The van der Waals surface area contributed by atoms with Crippen molar-refractivity contribution in [3.05, 3.63) is 24.3 Å². The third-order valence-corrected chi connectivity index (χ3v) is 7.62. The van der Waals surface area contributed by atoms with Gasteiger partial charge < -0.3 is 14.5 Å². The molecule has 0 aromatic heterocycles. The van der Waals surface area contributed by atoms with Gasteiger partial charge in [0.15, 0.2) is 0 Å². The fraction of sp³-hybridized carbons (Fsp3) is 0.696. The first-order chi connectivity index (χ1) is 13.1. The van der Waals surface area contributed by atoms with Gasteiger partial charge in [-0.3, -0.25) is 4.79 Å². The molecule has 4 bridgehead atoms. The van der Waals surface area contributed by atoms with Crippen molar-refractivity contribution in [3.63, 3.8) is 0 Å². The predicted molar refractivity (Wildman–Crippen MR) is 107 cm³/mol. The number of carbonyl (C=O) groups is 1. The molecule has 1 heterocycles. The zero-order valence-electron chi connectivity index (χ0n) is 16.7. The highest BCUT2D eigenvalue weighted by Crippen LogP contribution is 2.60. The van der Waals surface area contributed by atoms with Crippen LogP contribution in [0.25, 0.3) is 0 Å². The highest BCUT2D eigenvalue weighted by molar-refractivity contribution is 5.83. The lowest BCUT2D eigenvalue weighted by molar-refractivity contribution is -0.157. The molecule has 4 fully saturated rings. The Balaban J connectivity index is 1.30. The van der Waals surface area contributed by atoms with Crippen molar-refractivity contribution in [2.24, 2.45) is 23.2 Å². The van der Waals surface area contributed by atoms with Crippen LogP contribution in [0.1, 0.15) is 45.4 Å². The number of carbonyl (C=O) groups excluding carboxylic acids is 1. The number of anilines is 1. The van der Waals surface area contributed by atoms with Crippen molar-refractivity contribution < 1.29 is 9.53 Å². The molecule has 0 N–H and O–H groups in total. The van der Waals surface area contributed by atoms with Crippen molar-refractivity contribution in [1.82, 2.24) is 4.90 Å². The summed E-state index contributed by atoms with van der Waals surface area (Å²) in [5.74, 6) is 3.77. The summed E-state index contributed by atoms with van der Waals surface area (Å²) in [7, 11) is 2.00. The van der Waals surface area contributed by atoms with Gasteiger partial charge >= 0.3 is 0 Å². The summed E-state index contributed by atoms with van der Waals surface area (Å²) in [5, 5.41) is 0. The maximum Gasteiger partial charge on any atom is 0.228 e. The Kier molecular flexibility index (Phi) is 4.14. The lowest BCUT2D eigenvalue weighted by Gasteiger charge is -2.56. The molecule has 27 heavy (non-hydrogen) atoms. The van der Waals surface area contributed by atoms with Crippen molar-refractivity contribution >= 4 is 11.6 Å². The molecule has 1 atom stereocenters. The second-order valence-corrected chi connectivity index (χ2v) is 9.63.